The number of hydrogen-bond acceptors (Lipinski definition) is 7. The van der Waals surface area contributed by atoms with E-state index in [4.69, 9.17) is 5.11 Å². The number of hydrogen-bond donors (Lipinski definition) is 3. The van der Waals surface area contributed by atoms with Crippen molar-refractivity contribution in [2.45, 2.75) is 6.54 Å². The zero-order valence-electron chi connectivity index (χ0n) is 14.3. The van der Waals surface area contributed by atoms with E-state index in [1.807, 2.05) is 24.4 Å². The first kappa shape index (κ1) is 17.7. The molecule has 0 saturated heterocycles. The van der Waals surface area contributed by atoms with Crippen molar-refractivity contribution < 1.29 is 9.90 Å². The van der Waals surface area contributed by atoms with Crippen molar-refractivity contribution in [1.82, 2.24) is 19.9 Å². The first-order chi connectivity index (χ1) is 13.2. The van der Waals surface area contributed by atoms with E-state index in [0.717, 1.165) is 27.9 Å². The number of aliphatic hydroxyl groups is 1. The molecular weight excluding hydrogens is 382 g/mol. The maximum absolute atomic E-state index is 11.9. The summed E-state index contributed by atoms with van der Waals surface area (Å²) >= 11 is 3.21. The van der Waals surface area contributed by atoms with Crippen molar-refractivity contribution in [3.8, 4) is 11.3 Å². The van der Waals surface area contributed by atoms with Crippen molar-refractivity contribution in [3.05, 3.63) is 58.4 Å². The number of nitrogens with zero attached hydrogens (tertiary/aromatic N) is 3. The van der Waals surface area contributed by atoms with E-state index >= 15 is 0 Å². The van der Waals surface area contributed by atoms with Crippen LogP contribution in [0.2, 0.25) is 0 Å². The Bertz CT molecular complexity index is 1010. The van der Waals surface area contributed by atoms with Crippen LogP contribution >= 0.6 is 22.7 Å². The molecule has 3 aromatic heterocycles. The molecule has 0 bridgehead atoms. The van der Waals surface area contributed by atoms with Crippen LogP contribution in [-0.4, -0.2) is 38.8 Å². The number of fused-ring (bicyclic) bond motifs is 1. The molecule has 0 radical (unpaired) electrons. The van der Waals surface area contributed by atoms with Gasteiger partial charge in [-0.3, -0.25) is 4.79 Å². The number of carbonyl (C=O) groups is 1. The van der Waals surface area contributed by atoms with E-state index in [1.54, 1.807) is 28.0 Å². The zero-order valence-corrected chi connectivity index (χ0v) is 15.9. The van der Waals surface area contributed by atoms with Gasteiger partial charge in [0, 0.05) is 22.5 Å². The van der Waals surface area contributed by atoms with Gasteiger partial charge in [0.1, 0.15) is 0 Å². The molecule has 0 fully saturated rings. The van der Waals surface area contributed by atoms with Crippen molar-refractivity contribution in [2.24, 2.45) is 0 Å². The van der Waals surface area contributed by atoms with Crippen LogP contribution in [-0.2, 0) is 6.54 Å². The van der Waals surface area contributed by atoms with Gasteiger partial charge in [0.15, 0.2) is 0 Å². The van der Waals surface area contributed by atoms with Gasteiger partial charge < -0.3 is 15.7 Å². The Labute approximate surface area is 163 Å². The molecule has 1 amide bonds. The number of rotatable bonds is 7. The summed E-state index contributed by atoms with van der Waals surface area (Å²) in [6.45, 7) is 0.916. The van der Waals surface area contributed by atoms with Crippen LogP contribution in [0.1, 0.15) is 15.2 Å². The predicted octanol–water partition coefficient (Wildman–Crippen LogP) is 2.85. The van der Waals surface area contributed by atoms with Gasteiger partial charge in [-0.15, -0.1) is 16.4 Å². The Morgan fingerprint density at radius 1 is 1.22 bits per heavy atom. The predicted molar refractivity (Wildman–Crippen MR) is 107 cm³/mol. The number of anilines is 1. The largest absolute Gasteiger partial charge is 0.395 e. The minimum atomic E-state index is -0.204. The van der Waals surface area contributed by atoms with Crippen molar-refractivity contribution >= 4 is 38.7 Å². The third-order valence-corrected chi connectivity index (χ3v) is 5.63. The Hall–Kier alpha value is -2.75. The molecule has 0 saturated carbocycles. The molecule has 3 N–H and O–H groups in total. The Kier molecular flexibility index (Phi) is 5.14. The van der Waals surface area contributed by atoms with Crippen LogP contribution in [0.4, 0.5) is 5.13 Å². The average molecular weight is 400 g/mol. The third-order valence-electron chi connectivity index (χ3n) is 3.88. The Balaban J connectivity index is 1.46. The highest BCUT2D eigenvalue weighted by molar-refractivity contribution is 7.20. The summed E-state index contributed by atoms with van der Waals surface area (Å²) in [4.78, 5) is 18.6. The molecule has 0 aliphatic rings. The fourth-order valence-corrected chi connectivity index (χ4v) is 3.97. The molecule has 0 aliphatic carbocycles. The monoisotopic (exact) mass is 399 g/mol. The van der Waals surface area contributed by atoms with Gasteiger partial charge in [0.25, 0.3) is 5.91 Å². The molecule has 4 rings (SSSR count). The van der Waals surface area contributed by atoms with Gasteiger partial charge in [0.05, 0.1) is 25.0 Å². The quantitative estimate of drug-likeness (QED) is 0.444. The molecule has 4 aromatic rings. The fraction of sp³-hybridized carbons (Fsp3) is 0.167. The second kappa shape index (κ2) is 7.87. The standard InChI is InChI=1S/C18H17N5O2S2/c24-8-7-19-16(25)13-5-3-12(4-6-13)15-11-23-18(21-15)27-17(22-23)20-10-14-2-1-9-26-14/h1-6,9,11,24H,7-8,10H2,(H,19,25)(H,20,22). The van der Waals surface area contributed by atoms with Gasteiger partial charge in [-0.25, -0.2) is 9.50 Å². The van der Waals surface area contributed by atoms with E-state index in [2.05, 4.69) is 32.2 Å². The fourth-order valence-electron chi connectivity index (χ4n) is 2.55. The molecule has 27 heavy (non-hydrogen) atoms. The maximum atomic E-state index is 11.9. The number of benzene rings is 1. The number of aliphatic hydroxyl groups excluding tert-OH is 1. The summed E-state index contributed by atoms with van der Waals surface area (Å²) < 4.78 is 1.76. The Morgan fingerprint density at radius 2 is 2.07 bits per heavy atom. The van der Waals surface area contributed by atoms with Gasteiger partial charge >= 0.3 is 0 Å². The Morgan fingerprint density at radius 3 is 2.78 bits per heavy atom. The van der Waals surface area contributed by atoms with Gasteiger partial charge in [-0.05, 0) is 23.6 Å². The lowest BCUT2D eigenvalue weighted by molar-refractivity contribution is 0.0945. The summed E-state index contributed by atoms with van der Waals surface area (Å²) in [5.41, 5.74) is 2.27. The second-order valence-corrected chi connectivity index (χ2v) is 7.74. The van der Waals surface area contributed by atoms with Crippen LogP contribution in [0.25, 0.3) is 16.2 Å². The molecule has 0 aliphatic heterocycles. The number of amides is 1. The first-order valence-electron chi connectivity index (χ1n) is 8.35. The molecule has 7 nitrogen and oxygen atoms in total. The van der Waals surface area contributed by atoms with E-state index in [0.29, 0.717) is 5.56 Å². The molecule has 138 valence electrons. The first-order valence-corrected chi connectivity index (χ1v) is 10.0. The minimum Gasteiger partial charge on any atom is -0.395 e. The number of imidazole rings is 1. The normalized spacial score (nSPS) is 11.0. The third kappa shape index (κ3) is 4.00. The lowest BCUT2D eigenvalue weighted by Gasteiger charge is -2.03. The summed E-state index contributed by atoms with van der Waals surface area (Å²) in [5.74, 6) is -0.204. The van der Waals surface area contributed by atoms with E-state index < -0.39 is 0 Å². The topological polar surface area (TPSA) is 91.5 Å². The van der Waals surface area contributed by atoms with E-state index in [-0.39, 0.29) is 19.1 Å². The molecule has 9 heteroatoms. The summed E-state index contributed by atoms with van der Waals surface area (Å²) in [6, 6.07) is 11.3. The van der Waals surface area contributed by atoms with Crippen LogP contribution in [0.3, 0.4) is 0 Å². The highest BCUT2D eigenvalue weighted by Crippen LogP contribution is 2.25. The van der Waals surface area contributed by atoms with Gasteiger partial charge in [0.2, 0.25) is 10.1 Å². The average Bonchev–Trinajstić information content (AvgIpc) is 3.40. The molecule has 0 unspecified atom stereocenters. The van der Waals surface area contributed by atoms with E-state index in [1.165, 1.54) is 16.2 Å². The maximum Gasteiger partial charge on any atom is 0.251 e. The molecule has 1 aromatic carbocycles. The van der Waals surface area contributed by atoms with Crippen LogP contribution in [0, 0.1) is 0 Å². The molecule has 0 atom stereocenters. The van der Waals surface area contributed by atoms with Crippen LogP contribution in [0.15, 0.2) is 48.0 Å². The van der Waals surface area contributed by atoms with E-state index in [9.17, 15) is 4.79 Å². The molecule has 3 heterocycles. The van der Waals surface area contributed by atoms with Crippen molar-refractivity contribution in [3.63, 3.8) is 0 Å². The lowest BCUT2D eigenvalue weighted by Crippen LogP contribution is -2.26. The smallest absolute Gasteiger partial charge is 0.251 e. The van der Waals surface area contributed by atoms with Crippen molar-refractivity contribution in [2.75, 3.05) is 18.5 Å². The number of thiophene rings is 1. The zero-order chi connectivity index (χ0) is 18.6. The summed E-state index contributed by atoms with van der Waals surface area (Å²) in [5, 5.41) is 22.1. The van der Waals surface area contributed by atoms with Gasteiger partial charge in [-0.2, -0.15) is 0 Å². The van der Waals surface area contributed by atoms with Crippen LogP contribution < -0.4 is 10.6 Å². The minimum absolute atomic E-state index is 0.0770. The summed E-state index contributed by atoms with van der Waals surface area (Å²) in [6.07, 6.45) is 1.88. The SMILES string of the molecule is O=C(NCCO)c1ccc(-c2cn3nc(NCc4cccs4)sc3n2)cc1. The number of carbonyl (C=O) groups excluding carboxylic acids is 1. The molecular formula is C18H17N5O2S2. The second-order valence-electron chi connectivity index (χ2n) is 5.75. The highest BCUT2D eigenvalue weighted by Gasteiger charge is 2.11. The van der Waals surface area contributed by atoms with Gasteiger partial charge in [-0.1, -0.05) is 29.5 Å². The lowest BCUT2D eigenvalue weighted by atomic mass is 10.1. The highest BCUT2D eigenvalue weighted by atomic mass is 32.1. The number of nitrogens with one attached hydrogen (secondary N) is 2. The molecule has 0 spiro atoms. The van der Waals surface area contributed by atoms with Crippen LogP contribution in [0.5, 0.6) is 0 Å². The number of aromatic nitrogens is 3. The summed E-state index contributed by atoms with van der Waals surface area (Å²) in [7, 11) is 0. The van der Waals surface area contributed by atoms with Crippen molar-refractivity contribution in [1.29, 1.82) is 0 Å².